The number of likely N-dealkylation sites (tertiary alicyclic amines) is 1. The summed E-state index contributed by atoms with van der Waals surface area (Å²) in [6.07, 6.45) is 2.49. The van der Waals surface area contributed by atoms with E-state index in [0.29, 0.717) is 6.04 Å². The molecule has 1 aliphatic rings. The molecule has 1 aliphatic heterocycles. The quantitative estimate of drug-likeness (QED) is 0.908. The molecule has 0 aliphatic carbocycles. The molecule has 116 valence electrons. The van der Waals surface area contributed by atoms with E-state index >= 15 is 0 Å². The SMILES string of the molecule is Cc1cc(NC[C@@H]2CCCN2C)nnc1-c1ccccc1O. The molecule has 22 heavy (non-hydrogen) atoms. The fraction of sp³-hybridized carbons (Fsp3) is 0.412. The van der Waals surface area contributed by atoms with Gasteiger partial charge < -0.3 is 15.3 Å². The summed E-state index contributed by atoms with van der Waals surface area (Å²) in [7, 11) is 2.16. The third kappa shape index (κ3) is 3.04. The van der Waals surface area contributed by atoms with Crippen molar-refractivity contribution in [2.45, 2.75) is 25.8 Å². The Morgan fingerprint density at radius 3 is 2.82 bits per heavy atom. The van der Waals surface area contributed by atoms with Crippen molar-refractivity contribution in [3.05, 3.63) is 35.9 Å². The van der Waals surface area contributed by atoms with Crippen LogP contribution in [0.3, 0.4) is 0 Å². The highest BCUT2D eigenvalue weighted by atomic mass is 16.3. The molecule has 0 radical (unpaired) electrons. The third-order valence-electron chi connectivity index (χ3n) is 4.33. The summed E-state index contributed by atoms with van der Waals surface area (Å²) >= 11 is 0. The monoisotopic (exact) mass is 298 g/mol. The Morgan fingerprint density at radius 2 is 2.14 bits per heavy atom. The maximum Gasteiger partial charge on any atom is 0.149 e. The number of benzene rings is 1. The molecule has 1 aromatic carbocycles. The Labute approximate surface area is 131 Å². The van der Waals surface area contributed by atoms with Gasteiger partial charge in [0.1, 0.15) is 11.6 Å². The van der Waals surface area contributed by atoms with Gasteiger partial charge in [0, 0.05) is 18.2 Å². The van der Waals surface area contributed by atoms with Gasteiger partial charge >= 0.3 is 0 Å². The summed E-state index contributed by atoms with van der Waals surface area (Å²) in [6, 6.07) is 9.77. The molecule has 1 aromatic heterocycles. The lowest BCUT2D eigenvalue weighted by Crippen LogP contribution is -2.31. The first-order valence-corrected chi connectivity index (χ1v) is 7.72. The number of phenolic OH excluding ortho intramolecular Hbond substituents is 1. The van der Waals surface area contributed by atoms with Gasteiger partial charge in [0.25, 0.3) is 0 Å². The number of aromatic hydroxyl groups is 1. The van der Waals surface area contributed by atoms with Crippen LogP contribution in [0.1, 0.15) is 18.4 Å². The first kappa shape index (κ1) is 14.8. The van der Waals surface area contributed by atoms with E-state index in [1.165, 1.54) is 19.4 Å². The largest absolute Gasteiger partial charge is 0.507 e. The first-order chi connectivity index (χ1) is 10.6. The van der Waals surface area contributed by atoms with E-state index in [4.69, 9.17) is 0 Å². The maximum atomic E-state index is 9.94. The predicted molar refractivity (Wildman–Crippen MR) is 88.0 cm³/mol. The lowest BCUT2D eigenvalue weighted by atomic mass is 10.1. The zero-order chi connectivity index (χ0) is 15.5. The van der Waals surface area contributed by atoms with Crippen LogP contribution < -0.4 is 5.32 Å². The van der Waals surface area contributed by atoms with E-state index in [1.807, 2.05) is 25.1 Å². The van der Waals surface area contributed by atoms with E-state index in [1.54, 1.807) is 12.1 Å². The van der Waals surface area contributed by atoms with E-state index in [9.17, 15) is 5.11 Å². The van der Waals surface area contributed by atoms with Crippen molar-refractivity contribution in [2.24, 2.45) is 0 Å². The van der Waals surface area contributed by atoms with E-state index in [-0.39, 0.29) is 5.75 Å². The zero-order valence-corrected chi connectivity index (χ0v) is 13.1. The molecule has 2 heterocycles. The van der Waals surface area contributed by atoms with Crippen LogP contribution in [0.5, 0.6) is 5.75 Å². The van der Waals surface area contributed by atoms with Crippen molar-refractivity contribution in [1.29, 1.82) is 0 Å². The van der Waals surface area contributed by atoms with Crippen molar-refractivity contribution in [3.63, 3.8) is 0 Å². The number of anilines is 1. The zero-order valence-electron chi connectivity index (χ0n) is 13.1. The Balaban J connectivity index is 1.74. The summed E-state index contributed by atoms with van der Waals surface area (Å²) in [5, 5.41) is 21.9. The highest BCUT2D eigenvalue weighted by Crippen LogP contribution is 2.29. The Bertz CT molecular complexity index is 659. The smallest absolute Gasteiger partial charge is 0.149 e. The molecule has 5 nitrogen and oxygen atoms in total. The molecule has 0 amide bonds. The lowest BCUT2D eigenvalue weighted by Gasteiger charge is -2.20. The van der Waals surface area contributed by atoms with Gasteiger partial charge in [-0.05, 0) is 57.1 Å². The van der Waals surface area contributed by atoms with Gasteiger partial charge in [0.2, 0.25) is 0 Å². The van der Waals surface area contributed by atoms with Gasteiger partial charge in [-0.1, -0.05) is 12.1 Å². The molecule has 0 bridgehead atoms. The van der Waals surface area contributed by atoms with Crippen LogP contribution in [-0.4, -0.2) is 46.4 Å². The van der Waals surface area contributed by atoms with Gasteiger partial charge in [-0.25, -0.2) is 0 Å². The minimum atomic E-state index is 0.230. The van der Waals surface area contributed by atoms with E-state index in [2.05, 4.69) is 27.5 Å². The second-order valence-electron chi connectivity index (χ2n) is 5.94. The summed E-state index contributed by atoms with van der Waals surface area (Å²) in [5.74, 6) is 1.02. The minimum Gasteiger partial charge on any atom is -0.507 e. The molecular formula is C17H22N4O. The highest BCUT2D eigenvalue weighted by Gasteiger charge is 2.20. The van der Waals surface area contributed by atoms with Crippen LogP contribution in [0.25, 0.3) is 11.3 Å². The van der Waals surface area contributed by atoms with Crippen LogP contribution >= 0.6 is 0 Å². The van der Waals surface area contributed by atoms with Crippen molar-refractivity contribution in [3.8, 4) is 17.0 Å². The normalized spacial score (nSPS) is 18.5. The number of aryl methyl sites for hydroxylation is 1. The fourth-order valence-corrected chi connectivity index (χ4v) is 2.97. The van der Waals surface area contributed by atoms with Gasteiger partial charge in [0.15, 0.2) is 0 Å². The summed E-state index contributed by atoms with van der Waals surface area (Å²) < 4.78 is 0. The first-order valence-electron chi connectivity index (χ1n) is 7.72. The summed E-state index contributed by atoms with van der Waals surface area (Å²) in [4.78, 5) is 2.38. The van der Waals surface area contributed by atoms with Crippen LogP contribution in [-0.2, 0) is 0 Å². The minimum absolute atomic E-state index is 0.230. The second-order valence-corrected chi connectivity index (χ2v) is 5.94. The molecule has 2 aromatic rings. The fourth-order valence-electron chi connectivity index (χ4n) is 2.97. The number of rotatable bonds is 4. The number of aromatic nitrogens is 2. The topological polar surface area (TPSA) is 61.3 Å². The Hall–Kier alpha value is -2.14. The van der Waals surface area contributed by atoms with Gasteiger partial charge in [0.05, 0.1) is 5.69 Å². The molecule has 1 saturated heterocycles. The summed E-state index contributed by atoms with van der Waals surface area (Å²) in [6.45, 7) is 4.05. The van der Waals surface area contributed by atoms with Gasteiger partial charge in [-0.15, -0.1) is 10.2 Å². The molecule has 2 N–H and O–H groups in total. The van der Waals surface area contributed by atoms with Crippen molar-refractivity contribution >= 4 is 5.82 Å². The second kappa shape index (κ2) is 6.32. The standard InChI is InChI=1S/C17H22N4O/c1-12-10-16(18-11-13-6-5-9-21(13)2)19-20-17(12)14-7-3-4-8-15(14)22/h3-4,7-8,10,13,22H,5-6,9,11H2,1-2H3,(H,18,19)/t13-/m0/s1. The van der Waals surface area contributed by atoms with Crippen LogP contribution in [0, 0.1) is 6.92 Å². The van der Waals surface area contributed by atoms with Crippen LogP contribution in [0.2, 0.25) is 0 Å². The highest BCUT2D eigenvalue weighted by molar-refractivity contribution is 5.69. The molecular weight excluding hydrogens is 276 g/mol. The molecule has 0 unspecified atom stereocenters. The van der Waals surface area contributed by atoms with Crippen molar-refractivity contribution in [2.75, 3.05) is 25.5 Å². The third-order valence-corrected chi connectivity index (χ3v) is 4.33. The Kier molecular flexibility index (Phi) is 4.24. The number of hydrogen-bond acceptors (Lipinski definition) is 5. The van der Waals surface area contributed by atoms with E-state index in [0.717, 1.165) is 29.2 Å². The molecule has 0 saturated carbocycles. The molecule has 1 fully saturated rings. The number of nitrogens with one attached hydrogen (secondary N) is 1. The number of likely N-dealkylation sites (N-methyl/N-ethyl adjacent to an activating group) is 1. The molecule has 1 atom stereocenters. The average Bonchev–Trinajstić information content (AvgIpc) is 2.92. The van der Waals surface area contributed by atoms with Gasteiger partial charge in [-0.3, -0.25) is 0 Å². The number of hydrogen-bond donors (Lipinski definition) is 2. The Morgan fingerprint density at radius 1 is 1.32 bits per heavy atom. The van der Waals surface area contributed by atoms with Crippen molar-refractivity contribution < 1.29 is 5.11 Å². The maximum absolute atomic E-state index is 9.94. The van der Waals surface area contributed by atoms with Gasteiger partial charge in [-0.2, -0.15) is 0 Å². The summed E-state index contributed by atoms with van der Waals surface area (Å²) in [5.41, 5.74) is 2.44. The van der Waals surface area contributed by atoms with Crippen molar-refractivity contribution in [1.82, 2.24) is 15.1 Å². The van der Waals surface area contributed by atoms with Crippen LogP contribution in [0.4, 0.5) is 5.82 Å². The van der Waals surface area contributed by atoms with E-state index < -0.39 is 0 Å². The number of nitrogens with zero attached hydrogens (tertiary/aromatic N) is 3. The lowest BCUT2D eigenvalue weighted by molar-refractivity contribution is 0.322. The predicted octanol–water partition coefficient (Wildman–Crippen LogP) is 2.66. The molecule has 3 rings (SSSR count). The molecule has 0 spiro atoms. The molecule has 5 heteroatoms. The van der Waals surface area contributed by atoms with Crippen LogP contribution in [0.15, 0.2) is 30.3 Å². The average molecular weight is 298 g/mol. The number of para-hydroxylation sites is 1. The number of phenols is 1.